The van der Waals surface area contributed by atoms with Crippen molar-refractivity contribution in [2.75, 3.05) is 0 Å². The number of hydrogen-bond acceptors (Lipinski definition) is 0. The molecule has 0 saturated heterocycles. The first-order chi connectivity index (χ1) is 11.4. The SMILES string of the molecule is [Fe+2].[Pd+2].c1cc[cH-]c1.c1ccc(P(c2ccccc2)[c-]2cccc2)cc1. The Bertz CT molecular complexity index is 709. The van der Waals surface area contributed by atoms with Crippen LogP contribution >= 0.6 is 7.92 Å². The summed E-state index contributed by atoms with van der Waals surface area (Å²) in [6.45, 7) is 0. The van der Waals surface area contributed by atoms with Gasteiger partial charge in [0, 0.05) is 0 Å². The van der Waals surface area contributed by atoms with Crippen LogP contribution in [0.5, 0.6) is 0 Å². The molecule has 0 aromatic heterocycles. The second kappa shape index (κ2) is 12.2. The van der Waals surface area contributed by atoms with Gasteiger partial charge in [-0.3, -0.25) is 0 Å². The van der Waals surface area contributed by atoms with Crippen molar-refractivity contribution >= 4 is 23.8 Å². The van der Waals surface area contributed by atoms with Crippen molar-refractivity contribution in [3.63, 3.8) is 0 Å². The molecule has 0 N–H and O–H groups in total. The summed E-state index contributed by atoms with van der Waals surface area (Å²) in [6, 6.07) is 40.2. The van der Waals surface area contributed by atoms with Gasteiger partial charge in [0.1, 0.15) is 0 Å². The van der Waals surface area contributed by atoms with E-state index in [1.54, 1.807) is 0 Å². The Morgan fingerprint density at radius 3 is 1.40 bits per heavy atom. The zero-order valence-corrected chi connectivity index (χ0v) is 17.1. The average molecular weight is 477 g/mol. The molecule has 0 amide bonds. The molecule has 4 aromatic carbocycles. The predicted molar refractivity (Wildman–Crippen MR) is 103 cm³/mol. The molecule has 4 aromatic rings. The minimum Gasteiger partial charge on any atom is -0.214 e. The number of hydrogen-bond donors (Lipinski definition) is 0. The third kappa shape index (κ3) is 6.52. The smallest absolute Gasteiger partial charge is 0.214 e. The van der Waals surface area contributed by atoms with E-state index >= 15 is 0 Å². The fourth-order valence-corrected chi connectivity index (χ4v) is 4.74. The van der Waals surface area contributed by atoms with Gasteiger partial charge in [0.2, 0.25) is 0 Å². The van der Waals surface area contributed by atoms with Crippen molar-refractivity contribution in [1.29, 1.82) is 0 Å². The molecule has 4 rings (SSSR count). The summed E-state index contributed by atoms with van der Waals surface area (Å²) in [5.74, 6) is 0. The van der Waals surface area contributed by atoms with E-state index < -0.39 is 7.92 Å². The normalized spacial score (nSPS) is 9.32. The van der Waals surface area contributed by atoms with Gasteiger partial charge in [-0.05, 0) is 10.6 Å². The van der Waals surface area contributed by atoms with E-state index in [1.807, 2.05) is 30.3 Å². The van der Waals surface area contributed by atoms with Crippen molar-refractivity contribution in [3.05, 3.63) is 115 Å². The number of benzene rings is 2. The van der Waals surface area contributed by atoms with Crippen LogP contribution in [0.4, 0.5) is 0 Å². The second-order valence-corrected chi connectivity index (χ2v) is 7.33. The van der Waals surface area contributed by atoms with E-state index in [-0.39, 0.29) is 37.5 Å². The van der Waals surface area contributed by atoms with Crippen LogP contribution in [0.3, 0.4) is 0 Å². The summed E-state index contributed by atoms with van der Waals surface area (Å²) >= 11 is 0. The minimum absolute atomic E-state index is 0. The summed E-state index contributed by atoms with van der Waals surface area (Å²) < 4.78 is 0. The monoisotopic (exact) mass is 476 g/mol. The van der Waals surface area contributed by atoms with Crippen LogP contribution in [-0.4, -0.2) is 0 Å². The summed E-state index contributed by atoms with van der Waals surface area (Å²) in [5.41, 5.74) is 0. The van der Waals surface area contributed by atoms with Crippen LogP contribution in [0.2, 0.25) is 0 Å². The molecular formula is C22H19FePPd+2. The zero-order chi connectivity index (χ0) is 15.7. The molecule has 0 bridgehead atoms. The zero-order valence-electron chi connectivity index (χ0n) is 13.6. The van der Waals surface area contributed by atoms with Gasteiger partial charge in [0.15, 0.2) is 0 Å². The van der Waals surface area contributed by atoms with E-state index in [2.05, 4.69) is 84.9 Å². The molecule has 0 atom stereocenters. The van der Waals surface area contributed by atoms with E-state index in [4.69, 9.17) is 0 Å². The second-order valence-electron chi connectivity index (χ2n) is 5.11. The van der Waals surface area contributed by atoms with E-state index in [1.165, 1.54) is 15.9 Å². The molecule has 0 unspecified atom stereocenters. The third-order valence-electron chi connectivity index (χ3n) is 3.49. The quantitative estimate of drug-likeness (QED) is 0.231. The van der Waals surface area contributed by atoms with Gasteiger partial charge in [-0.1, -0.05) is 68.6 Å². The summed E-state index contributed by atoms with van der Waals surface area (Å²) in [4.78, 5) is 0. The standard InChI is InChI=1S/C17H14P.C5H5.Fe.Pd/c1-3-9-15(10-4-1)18(17-13-7-8-14-17)16-11-5-2-6-12-16;1-2-4-5-3-1;;/h1-14H;1-5H;;/q2*-1;2*+2. The maximum atomic E-state index is 2.23. The fourth-order valence-electron chi connectivity index (χ4n) is 2.44. The molecule has 0 aliphatic rings. The molecule has 0 fully saturated rings. The van der Waals surface area contributed by atoms with Crippen LogP contribution < -0.4 is 15.9 Å². The van der Waals surface area contributed by atoms with Gasteiger partial charge >= 0.3 is 37.5 Å². The van der Waals surface area contributed by atoms with E-state index in [9.17, 15) is 0 Å². The average Bonchev–Trinajstić information content (AvgIpc) is 3.34. The molecule has 0 heterocycles. The van der Waals surface area contributed by atoms with Crippen LogP contribution in [0.15, 0.2) is 115 Å². The Morgan fingerprint density at radius 1 is 0.600 bits per heavy atom. The van der Waals surface area contributed by atoms with Gasteiger partial charge < -0.3 is 0 Å². The largest absolute Gasteiger partial charge is 2.00 e. The maximum absolute atomic E-state index is 2.23. The molecule has 0 saturated carbocycles. The van der Waals surface area contributed by atoms with E-state index in [0.717, 1.165) is 0 Å². The first kappa shape index (κ1) is 21.8. The Morgan fingerprint density at radius 2 is 1.04 bits per heavy atom. The summed E-state index contributed by atoms with van der Waals surface area (Å²) in [7, 11) is -0.409. The van der Waals surface area contributed by atoms with Crippen molar-refractivity contribution in [2.24, 2.45) is 0 Å². The van der Waals surface area contributed by atoms with Gasteiger partial charge in [-0.2, -0.15) is 30.3 Å². The predicted octanol–water partition coefficient (Wildman–Crippen LogP) is 4.56. The summed E-state index contributed by atoms with van der Waals surface area (Å²) in [6.07, 6.45) is 0. The fraction of sp³-hybridized carbons (Fsp3) is 0. The van der Waals surface area contributed by atoms with Crippen molar-refractivity contribution in [3.8, 4) is 0 Å². The number of rotatable bonds is 3. The van der Waals surface area contributed by atoms with Gasteiger partial charge in [-0.15, -0.1) is 5.30 Å². The molecule has 0 aliphatic heterocycles. The Balaban J connectivity index is 0.000000388. The van der Waals surface area contributed by atoms with Gasteiger partial charge in [-0.25, -0.2) is 24.3 Å². The maximum Gasteiger partial charge on any atom is 2.00 e. The first-order valence-corrected chi connectivity index (χ1v) is 9.08. The first-order valence-electron chi connectivity index (χ1n) is 7.74. The van der Waals surface area contributed by atoms with Crippen LogP contribution in [0.25, 0.3) is 0 Å². The molecule has 128 valence electrons. The van der Waals surface area contributed by atoms with E-state index in [0.29, 0.717) is 0 Å². The third-order valence-corrected chi connectivity index (χ3v) is 5.93. The van der Waals surface area contributed by atoms with Crippen LogP contribution in [0.1, 0.15) is 0 Å². The Kier molecular flexibility index (Phi) is 10.6. The van der Waals surface area contributed by atoms with Crippen LogP contribution in [-0.2, 0) is 37.5 Å². The Labute approximate surface area is 175 Å². The molecule has 3 heteroatoms. The molecular weight excluding hydrogens is 457 g/mol. The Hall–Kier alpha value is -1.25. The minimum atomic E-state index is -0.409. The van der Waals surface area contributed by atoms with Crippen LogP contribution in [0, 0.1) is 0 Å². The molecule has 25 heavy (non-hydrogen) atoms. The molecule has 0 radical (unpaired) electrons. The van der Waals surface area contributed by atoms with Gasteiger partial charge in [0.05, 0.1) is 0 Å². The molecule has 0 aliphatic carbocycles. The van der Waals surface area contributed by atoms with Crippen molar-refractivity contribution in [2.45, 2.75) is 0 Å². The van der Waals surface area contributed by atoms with Crippen molar-refractivity contribution in [1.82, 2.24) is 0 Å². The molecule has 0 nitrogen and oxygen atoms in total. The molecule has 0 spiro atoms. The van der Waals surface area contributed by atoms with Gasteiger partial charge in [0.25, 0.3) is 0 Å². The van der Waals surface area contributed by atoms with Crippen molar-refractivity contribution < 1.29 is 37.5 Å². The topological polar surface area (TPSA) is 0 Å². The summed E-state index contributed by atoms with van der Waals surface area (Å²) in [5, 5.41) is 4.23.